The molecule has 0 bridgehead atoms. The summed E-state index contributed by atoms with van der Waals surface area (Å²) in [6.07, 6.45) is 3.92. The molecule has 0 saturated carbocycles. The molecule has 0 radical (unpaired) electrons. The van der Waals surface area contributed by atoms with Crippen LogP contribution in [0, 0.1) is 6.92 Å². The first kappa shape index (κ1) is 15.6. The lowest BCUT2D eigenvalue weighted by atomic mass is 10.0. The number of furan rings is 1. The number of thiophene rings is 1. The molecular formula is C18H22N4OS. The number of aryl methyl sites for hydroxylation is 1. The predicted molar refractivity (Wildman–Crippen MR) is 98.0 cm³/mol. The lowest BCUT2D eigenvalue weighted by molar-refractivity contribution is 0.154. The van der Waals surface area contributed by atoms with E-state index in [0.717, 1.165) is 22.5 Å². The molecule has 6 heteroatoms. The molecule has 0 unspecified atom stereocenters. The smallest absolute Gasteiger partial charge is 0.199 e. The standard InChI is InChI=1S/C18H22N4OS/c1-11-5-3-4-8-22(11)10-13-9-14-16(19)20-17(21-18(14)24-13)15-7-6-12(2)23-15/h6-7,9,11H,3-5,8,10H2,1-2H3,(H2,19,20,21)/t11-/m0/s1. The average Bonchev–Trinajstić information content (AvgIpc) is 3.16. The maximum Gasteiger partial charge on any atom is 0.199 e. The largest absolute Gasteiger partial charge is 0.458 e. The number of anilines is 1. The second kappa shape index (κ2) is 6.18. The zero-order valence-corrected chi connectivity index (χ0v) is 14.9. The molecule has 0 spiro atoms. The quantitative estimate of drug-likeness (QED) is 0.772. The Labute approximate surface area is 145 Å². The second-order valence-electron chi connectivity index (χ2n) is 6.59. The van der Waals surface area contributed by atoms with Crippen LogP contribution in [0.1, 0.15) is 36.8 Å². The van der Waals surface area contributed by atoms with Gasteiger partial charge in [-0.3, -0.25) is 4.90 Å². The highest BCUT2D eigenvalue weighted by molar-refractivity contribution is 7.18. The van der Waals surface area contributed by atoms with Crippen LogP contribution in [0.5, 0.6) is 0 Å². The molecule has 1 saturated heterocycles. The Bertz CT molecular complexity index is 869. The maximum atomic E-state index is 6.18. The normalized spacial score (nSPS) is 19.2. The number of rotatable bonds is 3. The van der Waals surface area contributed by atoms with E-state index in [-0.39, 0.29) is 0 Å². The van der Waals surface area contributed by atoms with Gasteiger partial charge in [0.1, 0.15) is 16.4 Å². The minimum Gasteiger partial charge on any atom is -0.458 e. The SMILES string of the molecule is Cc1ccc(-c2nc(N)c3cc(CN4CCCC[C@@H]4C)sc3n2)o1. The summed E-state index contributed by atoms with van der Waals surface area (Å²) >= 11 is 1.71. The first-order chi connectivity index (χ1) is 11.6. The van der Waals surface area contributed by atoms with Gasteiger partial charge in [-0.1, -0.05) is 6.42 Å². The van der Waals surface area contributed by atoms with E-state index < -0.39 is 0 Å². The second-order valence-corrected chi connectivity index (χ2v) is 7.70. The Hall–Kier alpha value is -1.92. The third-order valence-corrected chi connectivity index (χ3v) is 5.75. The highest BCUT2D eigenvalue weighted by Gasteiger charge is 2.20. The van der Waals surface area contributed by atoms with E-state index in [9.17, 15) is 0 Å². The van der Waals surface area contributed by atoms with Crippen molar-refractivity contribution >= 4 is 27.4 Å². The van der Waals surface area contributed by atoms with Gasteiger partial charge in [0.05, 0.1) is 5.39 Å². The fraction of sp³-hybridized carbons (Fsp3) is 0.444. The van der Waals surface area contributed by atoms with Gasteiger partial charge in [0.15, 0.2) is 11.6 Å². The summed E-state index contributed by atoms with van der Waals surface area (Å²) in [7, 11) is 0. The summed E-state index contributed by atoms with van der Waals surface area (Å²) in [5.74, 6) is 2.60. The number of nitrogens with zero attached hydrogens (tertiary/aromatic N) is 3. The number of likely N-dealkylation sites (tertiary alicyclic amines) is 1. The van der Waals surface area contributed by atoms with E-state index in [1.165, 1.54) is 30.7 Å². The molecule has 3 aromatic heterocycles. The first-order valence-electron chi connectivity index (χ1n) is 8.47. The summed E-state index contributed by atoms with van der Waals surface area (Å²) in [5.41, 5.74) is 6.18. The molecule has 126 valence electrons. The van der Waals surface area contributed by atoms with E-state index in [1.807, 2.05) is 19.1 Å². The Balaban J connectivity index is 1.66. The van der Waals surface area contributed by atoms with Crippen molar-refractivity contribution in [2.45, 2.75) is 45.7 Å². The van der Waals surface area contributed by atoms with Crippen molar-refractivity contribution < 1.29 is 4.42 Å². The number of nitrogen functional groups attached to an aromatic ring is 1. The molecule has 0 aliphatic carbocycles. The van der Waals surface area contributed by atoms with Crippen LogP contribution in [-0.4, -0.2) is 27.5 Å². The van der Waals surface area contributed by atoms with Gasteiger partial charge in [0.2, 0.25) is 0 Å². The number of hydrogen-bond donors (Lipinski definition) is 1. The first-order valence-corrected chi connectivity index (χ1v) is 9.28. The molecule has 1 aliphatic heterocycles. The predicted octanol–water partition coefficient (Wildman–Crippen LogP) is 4.22. The van der Waals surface area contributed by atoms with E-state index in [4.69, 9.17) is 10.2 Å². The number of hydrogen-bond acceptors (Lipinski definition) is 6. The van der Waals surface area contributed by atoms with Crippen molar-refractivity contribution in [3.05, 3.63) is 28.8 Å². The molecule has 2 N–H and O–H groups in total. The molecule has 4 rings (SSSR count). The van der Waals surface area contributed by atoms with Crippen LogP contribution < -0.4 is 5.73 Å². The average molecular weight is 342 g/mol. The van der Waals surface area contributed by atoms with Crippen LogP contribution in [0.15, 0.2) is 22.6 Å². The van der Waals surface area contributed by atoms with Gasteiger partial charge in [-0.15, -0.1) is 11.3 Å². The summed E-state index contributed by atoms with van der Waals surface area (Å²) in [6.45, 7) is 6.37. The molecule has 4 heterocycles. The highest BCUT2D eigenvalue weighted by Crippen LogP contribution is 2.32. The van der Waals surface area contributed by atoms with Crippen molar-refractivity contribution in [2.24, 2.45) is 0 Å². The maximum absolute atomic E-state index is 6.18. The fourth-order valence-corrected chi connectivity index (χ4v) is 4.39. The monoisotopic (exact) mass is 342 g/mol. The van der Waals surface area contributed by atoms with Gasteiger partial charge >= 0.3 is 0 Å². The highest BCUT2D eigenvalue weighted by atomic mass is 32.1. The third-order valence-electron chi connectivity index (χ3n) is 4.73. The minimum atomic E-state index is 0.526. The van der Waals surface area contributed by atoms with Crippen LogP contribution in [0.25, 0.3) is 21.8 Å². The molecular weight excluding hydrogens is 320 g/mol. The van der Waals surface area contributed by atoms with Crippen molar-refractivity contribution in [1.29, 1.82) is 0 Å². The number of fused-ring (bicyclic) bond motifs is 1. The van der Waals surface area contributed by atoms with Gasteiger partial charge in [-0.2, -0.15) is 0 Å². The van der Waals surface area contributed by atoms with Gasteiger partial charge in [0, 0.05) is 17.5 Å². The molecule has 3 aromatic rings. The van der Waals surface area contributed by atoms with E-state index in [1.54, 1.807) is 11.3 Å². The molecule has 1 aliphatic rings. The van der Waals surface area contributed by atoms with Crippen molar-refractivity contribution in [1.82, 2.24) is 14.9 Å². The summed E-state index contributed by atoms with van der Waals surface area (Å²) in [5, 5.41) is 0.951. The zero-order valence-electron chi connectivity index (χ0n) is 14.1. The van der Waals surface area contributed by atoms with Gasteiger partial charge in [0.25, 0.3) is 0 Å². The van der Waals surface area contributed by atoms with E-state index >= 15 is 0 Å². The van der Waals surface area contributed by atoms with Crippen LogP contribution in [0.2, 0.25) is 0 Å². The number of piperidine rings is 1. The fourth-order valence-electron chi connectivity index (χ4n) is 3.33. The van der Waals surface area contributed by atoms with Crippen molar-refractivity contribution in [2.75, 3.05) is 12.3 Å². The molecule has 5 nitrogen and oxygen atoms in total. The van der Waals surface area contributed by atoms with Crippen LogP contribution in [0.3, 0.4) is 0 Å². The lowest BCUT2D eigenvalue weighted by Gasteiger charge is -2.32. The Morgan fingerprint density at radius 3 is 2.96 bits per heavy atom. The zero-order chi connectivity index (χ0) is 16.7. The van der Waals surface area contributed by atoms with Crippen LogP contribution in [0.4, 0.5) is 5.82 Å². The third kappa shape index (κ3) is 2.91. The number of nitrogens with two attached hydrogens (primary N) is 1. The summed E-state index contributed by atoms with van der Waals surface area (Å²) < 4.78 is 5.63. The molecule has 0 aromatic carbocycles. The molecule has 0 amide bonds. The Morgan fingerprint density at radius 1 is 1.33 bits per heavy atom. The summed E-state index contributed by atoms with van der Waals surface area (Å²) in [4.78, 5) is 13.9. The van der Waals surface area contributed by atoms with Gasteiger partial charge in [-0.25, -0.2) is 9.97 Å². The van der Waals surface area contributed by atoms with Gasteiger partial charge < -0.3 is 10.2 Å². The molecule has 1 fully saturated rings. The van der Waals surface area contributed by atoms with E-state index in [2.05, 4.69) is 27.9 Å². The van der Waals surface area contributed by atoms with Crippen LogP contribution >= 0.6 is 11.3 Å². The van der Waals surface area contributed by atoms with Crippen LogP contribution in [-0.2, 0) is 6.54 Å². The molecule has 24 heavy (non-hydrogen) atoms. The van der Waals surface area contributed by atoms with Gasteiger partial charge in [-0.05, 0) is 51.4 Å². The molecule has 1 atom stereocenters. The van der Waals surface area contributed by atoms with Crippen molar-refractivity contribution in [3.8, 4) is 11.6 Å². The minimum absolute atomic E-state index is 0.526. The Kier molecular flexibility index (Phi) is 4.02. The topological polar surface area (TPSA) is 68.2 Å². The van der Waals surface area contributed by atoms with Crippen molar-refractivity contribution in [3.63, 3.8) is 0 Å². The lowest BCUT2D eigenvalue weighted by Crippen LogP contribution is -2.36. The summed E-state index contributed by atoms with van der Waals surface area (Å²) in [6, 6.07) is 6.60. The number of aromatic nitrogens is 2. The van der Waals surface area contributed by atoms with E-state index in [0.29, 0.717) is 23.4 Å². The Morgan fingerprint density at radius 2 is 2.21 bits per heavy atom.